The molecule has 124 valence electrons. The average Bonchev–Trinajstić information content (AvgIpc) is 2.84. The monoisotopic (exact) mass is 382 g/mol. The van der Waals surface area contributed by atoms with Crippen molar-refractivity contribution in [3.8, 4) is 11.5 Å². The first-order valence-electron chi connectivity index (χ1n) is 7.29. The maximum atomic E-state index is 12.0. The fourth-order valence-corrected chi connectivity index (χ4v) is 2.39. The van der Waals surface area contributed by atoms with Gasteiger partial charge < -0.3 is 20.1 Å². The summed E-state index contributed by atoms with van der Waals surface area (Å²) < 4.78 is 11.8. The molecule has 23 heavy (non-hydrogen) atoms. The van der Waals surface area contributed by atoms with E-state index in [1.165, 1.54) is 0 Å². The minimum absolute atomic E-state index is 0.0821. The average molecular weight is 383 g/mol. The Morgan fingerprint density at radius 1 is 1.43 bits per heavy atom. The van der Waals surface area contributed by atoms with Gasteiger partial charge in [-0.05, 0) is 19.9 Å². The SMILES string of the molecule is C=C(Br)CNC(=O)C(=O)Nc1cc2c(cc1OCC)CC(C)O2. The van der Waals surface area contributed by atoms with Crippen LogP contribution in [0.15, 0.2) is 23.2 Å². The number of nitrogens with one attached hydrogen (secondary N) is 2. The Labute approximate surface area is 143 Å². The summed E-state index contributed by atoms with van der Waals surface area (Å²) >= 11 is 3.11. The summed E-state index contributed by atoms with van der Waals surface area (Å²) in [7, 11) is 0. The normalized spacial score (nSPS) is 15.3. The maximum absolute atomic E-state index is 12.0. The third kappa shape index (κ3) is 4.48. The molecule has 0 fully saturated rings. The summed E-state index contributed by atoms with van der Waals surface area (Å²) in [6, 6.07) is 3.54. The van der Waals surface area contributed by atoms with Crippen molar-refractivity contribution in [2.75, 3.05) is 18.5 Å². The molecule has 1 unspecified atom stereocenters. The Morgan fingerprint density at radius 3 is 2.83 bits per heavy atom. The van der Waals surface area contributed by atoms with E-state index in [9.17, 15) is 9.59 Å². The predicted octanol–water partition coefficient (Wildman–Crippen LogP) is 2.37. The molecule has 0 saturated carbocycles. The third-order valence-electron chi connectivity index (χ3n) is 3.19. The van der Waals surface area contributed by atoms with Gasteiger partial charge in [0.2, 0.25) is 0 Å². The van der Waals surface area contributed by atoms with Crippen LogP contribution in [0.1, 0.15) is 19.4 Å². The van der Waals surface area contributed by atoms with Gasteiger partial charge in [0.15, 0.2) is 0 Å². The van der Waals surface area contributed by atoms with Crippen LogP contribution in [0.4, 0.5) is 5.69 Å². The van der Waals surface area contributed by atoms with Gasteiger partial charge in [-0.2, -0.15) is 0 Å². The zero-order valence-corrected chi connectivity index (χ0v) is 14.7. The highest BCUT2D eigenvalue weighted by molar-refractivity contribution is 9.11. The molecule has 0 bridgehead atoms. The van der Waals surface area contributed by atoms with Crippen molar-refractivity contribution in [3.63, 3.8) is 0 Å². The van der Waals surface area contributed by atoms with Gasteiger partial charge in [0.05, 0.1) is 12.3 Å². The van der Waals surface area contributed by atoms with Crippen LogP contribution in [0.3, 0.4) is 0 Å². The topological polar surface area (TPSA) is 76.7 Å². The first-order chi connectivity index (χ1) is 10.9. The molecule has 0 saturated heterocycles. The standard InChI is InChI=1S/C16H19BrN2O4/c1-4-22-14-6-11-5-10(3)23-13(11)7-12(14)19-16(21)15(20)18-8-9(2)17/h6-7,10H,2,4-5,8H2,1,3H3,(H,18,20)(H,19,21). The molecule has 0 radical (unpaired) electrons. The van der Waals surface area contributed by atoms with Crippen LogP contribution in [-0.2, 0) is 16.0 Å². The van der Waals surface area contributed by atoms with Gasteiger partial charge in [0.1, 0.15) is 17.6 Å². The fourth-order valence-electron chi connectivity index (χ4n) is 2.25. The van der Waals surface area contributed by atoms with E-state index in [2.05, 4.69) is 33.1 Å². The molecule has 0 aliphatic carbocycles. The summed E-state index contributed by atoms with van der Waals surface area (Å²) in [5.74, 6) is -0.297. The van der Waals surface area contributed by atoms with Gasteiger partial charge in [0, 0.05) is 29.1 Å². The van der Waals surface area contributed by atoms with Crippen molar-refractivity contribution in [1.29, 1.82) is 0 Å². The van der Waals surface area contributed by atoms with Crippen molar-refractivity contribution < 1.29 is 19.1 Å². The fraction of sp³-hybridized carbons (Fsp3) is 0.375. The lowest BCUT2D eigenvalue weighted by Crippen LogP contribution is -2.36. The van der Waals surface area contributed by atoms with E-state index in [0.717, 1.165) is 12.0 Å². The van der Waals surface area contributed by atoms with E-state index >= 15 is 0 Å². The Morgan fingerprint density at radius 2 is 2.17 bits per heavy atom. The van der Waals surface area contributed by atoms with Crippen molar-refractivity contribution in [2.45, 2.75) is 26.4 Å². The van der Waals surface area contributed by atoms with Crippen molar-refractivity contribution in [2.24, 2.45) is 0 Å². The molecule has 2 N–H and O–H groups in total. The molecule has 1 aromatic rings. The smallest absolute Gasteiger partial charge is 0.313 e. The van der Waals surface area contributed by atoms with E-state index in [1.807, 2.05) is 19.9 Å². The second kappa shape index (κ2) is 7.50. The minimum Gasteiger partial charge on any atom is -0.492 e. The Hall–Kier alpha value is -2.02. The van der Waals surface area contributed by atoms with E-state index in [-0.39, 0.29) is 12.6 Å². The van der Waals surface area contributed by atoms with E-state index in [0.29, 0.717) is 28.3 Å². The number of rotatable bonds is 5. The van der Waals surface area contributed by atoms with E-state index in [1.54, 1.807) is 6.07 Å². The number of halogens is 1. The first kappa shape index (κ1) is 17.3. The molecular formula is C16H19BrN2O4. The summed E-state index contributed by atoms with van der Waals surface area (Å²) in [5.41, 5.74) is 1.44. The van der Waals surface area contributed by atoms with Crippen LogP contribution in [0.2, 0.25) is 0 Å². The summed E-state index contributed by atoms with van der Waals surface area (Å²) in [4.78, 5) is 23.7. The molecular weight excluding hydrogens is 364 g/mol. The van der Waals surface area contributed by atoms with Crippen LogP contribution in [0, 0.1) is 0 Å². The van der Waals surface area contributed by atoms with E-state index < -0.39 is 11.8 Å². The van der Waals surface area contributed by atoms with Crippen LogP contribution < -0.4 is 20.1 Å². The summed E-state index contributed by atoms with van der Waals surface area (Å²) in [6.45, 7) is 8.04. The Bertz CT molecular complexity index is 645. The molecule has 0 aromatic heterocycles. The highest BCUT2D eigenvalue weighted by atomic mass is 79.9. The molecule has 0 spiro atoms. The Kier molecular flexibility index (Phi) is 5.65. The minimum atomic E-state index is -0.773. The van der Waals surface area contributed by atoms with Gasteiger partial charge in [-0.3, -0.25) is 9.59 Å². The largest absolute Gasteiger partial charge is 0.492 e. The number of carbonyl (C=O) groups excluding carboxylic acids is 2. The highest BCUT2D eigenvalue weighted by Gasteiger charge is 2.23. The molecule has 2 rings (SSSR count). The van der Waals surface area contributed by atoms with Crippen molar-refractivity contribution in [1.82, 2.24) is 5.32 Å². The third-order valence-corrected chi connectivity index (χ3v) is 3.47. The molecule has 1 aliphatic heterocycles. The van der Waals surface area contributed by atoms with Crippen LogP contribution in [-0.4, -0.2) is 31.1 Å². The number of hydrogen-bond donors (Lipinski definition) is 2. The number of ether oxygens (including phenoxy) is 2. The summed E-state index contributed by atoms with van der Waals surface area (Å²) in [5, 5.41) is 5.01. The van der Waals surface area contributed by atoms with Gasteiger partial charge in [-0.15, -0.1) is 0 Å². The van der Waals surface area contributed by atoms with Crippen LogP contribution in [0.25, 0.3) is 0 Å². The molecule has 1 aromatic carbocycles. The molecule has 1 aliphatic rings. The van der Waals surface area contributed by atoms with Gasteiger partial charge in [-0.25, -0.2) is 0 Å². The zero-order valence-electron chi connectivity index (χ0n) is 13.1. The lowest BCUT2D eigenvalue weighted by Gasteiger charge is -2.13. The summed E-state index contributed by atoms with van der Waals surface area (Å²) in [6.07, 6.45) is 0.871. The highest BCUT2D eigenvalue weighted by Crippen LogP contribution is 2.37. The predicted molar refractivity (Wildman–Crippen MR) is 91.1 cm³/mol. The second-order valence-electron chi connectivity index (χ2n) is 5.18. The number of amides is 2. The van der Waals surface area contributed by atoms with Crippen molar-refractivity contribution in [3.05, 3.63) is 28.8 Å². The van der Waals surface area contributed by atoms with Gasteiger partial charge in [0.25, 0.3) is 0 Å². The number of carbonyl (C=O) groups is 2. The number of fused-ring (bicyclic) bond motifs is 1. The van der Waals surface area contributed by atoms with Crippen molar-refractivity contribution >= 4 is 33.4 Å². The van der Waals surface area contributed by atoms with Gasteiger partial charge >= 0.3 is 11.8 Å². The molecule has 1 atom stereocenters. The van der Waals surface area contributed by atoms with Gasteiger partial charge in [-0.1, -0.05) is 22.5 Å². The van der Waals surface area contributed by atoms with Crippen LogP contribution >= 0.6 is 15.9 Å². The lowest BCUT2D eigenvalue weighted by molar-refractivity contribution is -0.136. The lowest BCUT2D eigenvalue weighted by atomic mass is 10.1. The maximum Gasteiger partial charge on any atom is 0.313 e. The second-order valence-corrected chi connectivity index (χ2v) is 6.30. The molecule has 2 amide bonds. The Balaban J connectivity index is 2.15. The zero-order chi connectivity index (χ0) is 17.0. The number of benzene rings is 1. The molecule has 6 nitrogen and oxygen atoms in total. The quantitative estimate of drug-likeness (QED) is 0.766. The molecule has 1 heterocycles. The van der Waals surface area contributed by atoms with E-state index in [4.69, 9.17) is 9.47 Å². The number of hydrogen-bond acceptors (Lipinski definition) is 4. The first-order valence-corrected chi connectivity index (χ1v) is 8.08. The molecule has 7 heteroatoms. The number of anilines is 1. The van der Waals surface area contributed by atoms with Crippen LogP contribution in [0.5, 0.6) is 11.5 Å².